The van der Waals surface area contributed by atoms with E-state index in [4.69, 9.17) is 0 Å². The van der Waals surface area contributed by atoms with E-state index in [0.717, 1.165) is 18.3 Å². The summed E-state index contributed by atoms with van der Waals surface area (Å²) in [5.74, 6) is 1.65. The molecule has 0 aromatic heterocycles. The van der Waals surface area contributed by atoms with Crippen LogP contribution in [0.25, 0.3) is 0 Å². The van der Waals surface area contributed by atoms with Gasteiger partial charge in [-0.3, -0.25) is 0 Å². The SMILES string of the molecule is [CH2-]CC(C)CC(C)C. The molecule has 1 unspecified atom stereocenters. The smallest absolute Gasteiger partial charge is 0.0470 e. The van der Waals surface area contributed by atoms with E-state index >= 15 is 0 Å². The Kier molecular flexibility index (Phi) is 3.94. The van der Waals surface area contributed by atoms with Crippen LogP contribution in [0.5, 0.6) is 0 Å². The Bertz CT molecular complexity index is 46.0. The van der Waals surface area contributed by atoms with Crippen LogP contribution in [0.15, 0.2) is 0 Å². The van der Waals surface area contributed by atoms with E-state index in [1.807, 2.05) is 0 Å². The van der Waals surface area contributed by atoms with E-state index in [1.165, 1.54) is 6.42 Å². The van der Waals surface area contributed by atoms with Crippen molar-refractivity contribution in [2.24, 2.45) is 11.8 Å². The summed E-state index contributed by atoms with van der Waals surface area (Å²) in [4.78, 5) is 0. The minimum Gasteiger partial charge on any atom is -0.343 e. The molecule has 0 aromatic rings. The van der Waals surface area contributed by atoms with Crippen molar-refractivity contribution < 1.29 is 0 Å². The quantitative estimate of drug-likeness (QED) is 0.494. The zero-order chi connectivity index (χ0) is 6.57. The Hall–Kier alpha value is 0. The fourth-order valence-electron chi connectivity index (χ4n) is 0.923. The first-order valence-corrected chi connectivity index (χ1v) is 3.46. The molecule has 0 N–H and O–H groups in total. The highest BCUT2D eigenvalue weighted by atomic mass is 14.1. The van der Waals surface area contributed by atoms with Gasteiger partial charge in [0, 0.05) is 0 Å². The van der Waals surface area contributed by atoms with Gasteiger partial charge in [-0.25, -0.2) is 0 Å². The van der Waals surface area contributed by atoms with E-state index in [9.17, 15) is 0 Å². The molecule has 0 bridgehead atoms. The second kappa shape index (κ2) is 3.94. The lowest BCUT2D eigenvalue weighted by atomic mass is 9.97. The van der Waals surface area contributed by atoms with Crippen LogP contribution in [0.3, 0.4) is 0 Å². The summed E-state index contributed by atoms with van der Waals surface area (Å²) in [5, 5.41) is 0. The topological polar surface area (TPSA) is 0 Å². The molecule has 0 rings (SSSR count). The highest BCUT2D eigenvalue weighted by Gasteiger charge is 1.97. The van der Waals surface area contributed by atoms with E-state index in [0.29, 0.717) is 0 Å². The predicted molar refractivity (Wildman–Crippen MR) is 38.6 cm³/mol. The maximum absolute atomic E-state index is 3.84. The summed E-state index contributed by atoms with van der Waals surface area (Å²) in [7, 11) is 0. The molecule has 0 aliphatic heterocycles. The Morgan fingerprint density at radius 1 is 1.25 bits per heavy atom. The average Bonchev–Trinajstić information content (AvgIpc) is 1.65. The van der Waals surface area contributed by atoms with Crippen LogP contribution in [0.4, 0.5) is 0 Å². The minimum atomic E-state index is 0.815. The van der Waals surface area contributed by atoms with Crippen molar-refractivity contribution in [3.05, 3.63) is 6.92 Å². The average molecular weight is 113 g/mol. The van der Waals surface area contributed by atoms with Crippen molar-refractivity contribution in [1.82, 2.24) is 0 Å². The van der Waals surface area contributed by atoms with Crippen LogP contribution >= 0.6 is 0 Å². The third kappa shape index (κ3) is 4.17. The Balaban J connectivity index is 3.10. The largest absolute Gasteiger partial charge is 0.343 e. The van der Waals surface area contributed by atoms with Crippen LogP contribution < -0.4 is 0 Å². The van der Waals surface area contributed by atoms with Crippen molar-refractivity contribution >= 4 is 0 Å². The van der Waals surface area contributed by atoms with Gasteiger partial charge < -0.3 is 6.92 Å². The molecule has 0 fully saturated rings. The van der Waals surface area contributed by atoms with E-state index in [-0.39, 0.29) is 0 Å². The molecule has 0 saturated heterocycles. The summed E-state index contributed by atoms with van der Waals surface area (Å²) in [5.41, 5.74) is 0. The number of hydrogen-bond donors (Lipinski definition) is 0. The van der Waals surface area contributed by atoms with Gasteiger partial charge in [-0.1, -0.05) is 33.1 Å². The van der Waals surface area contributed by atoms with E-state index < -0.39 is 0 Å². The monoisotopic (exact) mass is 113 g/mol. The standard InChI is InChI=1S/C8H17/c1-5-8(4)6-7(2)3/h7-8H,1,5-6H2,2-4H3/q-1. The Morgan fingerprint density at radius 2 is 1.75 bits per heavy atom. The lowest BCUT2D eigenvalue weighted by molar-refractivity contribution is 0.442. The maximum atomic E-state index is 3.84. The molecule has 0 aliphatic rings. The summed E-state index contributed by atoms with van der Waals surface area (Å²) in [6.07, 6.45) is 2.40. The molecule has 0 heteroatoms. The lowest BCUT2D eigenvalue weighted by Gasteiger charge is -2.13. The van der Waals surface area contributed by atoms with Crippen LogP contribution in [0, 0.1) is 18.8 Å². The van der Waals surface area contributed by atoms with Crippen molar-refractivity contribution in [1.29, 1.82) is 0 Å². The molecule has 0 saturated carbocycles. The minimum absolute atomic E-state index is 0.815. The van der Waals surface area contributed by atoms with Crippen LogP contribution in [-0.4, -0.2) is 0 Å². The first kappa shape index (κ1) is 8.00. The molecule has 0 radical (unpaired) electrons. The molecule has 50 valence electrons. The number of hydrogen-bond acceptors (Lipinski definition) is 0. The van der Waals surface area contributed by atoms with Gasteiger partial charge in [0.15, 0.2) is 0 Å². The first-order chi connectivity index (χ1) is 3.66. The summed E-state index contributed by atoms with van der Waals surface area (Å²) < 4.78 is 0. The van der Waals surface area contributed by atoms with Gasteiger partial charge in [-0.15, -0.1) is 0 Å². The number of rotatable bonds is 3. The van der Waals surface area contributed by atoms with Crippen molar-refractivity contribution in [2.45, 2.75) is 33.6 Å². The van der Waals surface area contributed by atoms with Crippen molar-refractivity contribution in [3.63, 3.8) is 0 Å². The fourth-order valence-corrected chi connectivity index (χ4v) is 0.923. The van der Waals surface area contributed by atoms with Gasteiger partial charge in [0.05, 0.1) is 0 Å². The Morgan fingerprint density at radius 3 is 1.88 bits per heavy atom. The van der Waals surface area contributed by atoms with Crippen molar-refractivity contribution in [2.75, 3.05) is 0 Å². The summed E-state index contributed by atoms with van der Waals surface area (Å²) in [6.45, 7) is 10.6. The molecular formula is C8H17-. The molecule has 0 nitrogen and oxygen atoms in total. The summed E-state index contributed by atoms with van der Waals surface area (Å²) >= 11 is 0. The first-order valence-electron chi connectivity index (χ1n) is 3.46. The highest BCUT2D eigenvalue weighted by molar-refractivity contribution is 4.56. The molecule has 0 amide bonds. The highest BCUT2D eigenvalue weighted by Crippen LogP contribution is 2.12. The van der Waals surface area contributed by atoms with Gasteiger partial charge in [0.1, 0.15) is 0 Å². The van der Waals surface area contributed by atoms with E-state index in [2.05, 4.69) is 27.7 Å². The van der Waals surface area contributed by atoms with Crippen LogP contribution in [0.1, 0.15) is 33.6 Å². The molecule has 0 heterocycles. The second-order valence-corrected chi connectivity index (χ2v) is 3.02. The Labute approximate surface area is 53.3 Å². The summed E-state index contributed by atoms with van der Waals surface area (Å²) in [6, 6.07) is 0. The van der Waals surface area contributed by atoms with Gasteiger partial charge in [-0.05, 0) is 5.92 Å². The normalized spacial score (nSPS) is 14.6. The molecule has 0 aliphatic carbocycles. The third-order valence-electron chi connectivity index (χ3n) is 1.37. The second-order valence-electron chi connectivity index (χ2n) is 3.02. The molecule has 1 atom stereocenters. The lowest BCUT2D eigenvalue weighted by Crippen LogP contribution is -1.97. The zero-order valence-electron chi connectivity index (χ0n) is 6.28. The van der Waals surface area contributed by atoms with Gasteiger partial charge in [0.25, 0.3) is 0 Å². The zero-order valence-corrected chi connectivity index (χ0v) is 6.28. The maximum Gasteiger partial charge on any atom is -0.0470 e. The fraction of sp³-hybridized carbons (Fsp3) is 0.875. The molecular weight excluding hydrogens is 96.1 g/mol. The molecule has 8 heavy (non-hydrogen) atoms. The molecule has 0 spiro atoms. The van der Waals surface area contributed by atoms with Gasteiger partial charge in [-0.2, -0.15) is 6.42 Å². The van der Waals surface area contributed by atoms with Crippen LogP contribution in [-0.2, 0) is 0 Å². The van der Waals surface area contributed by atoms with E-state index in [1.54, 1.807) is 0 Å². The third-order valence-corrected chi connectivity index (χ3v) is 1.37. The van der Waals surface area contributed by atoms with Crippen LogP contribution in [0.2, 0.25) is 0 Å². The van der Waals surface area contributed by atoms with Crippen molar-refractivity contribution in [3.8, 4) is 0 Å². The van der Waals surface area contributed by atoms with Gasteiger partial charge in [0.2, 0.25) is 0 Å². The van der Waals surface area contributed by atoms with Gasteiger partial charge >= 0.3 is 0 Å². The predicted octanol–water partition coefficient (Wildman–Crippen LogP) is 2.89. The molecule has 0 aromatic carbocycles.